The van der Waals surface area contributed by atoms with Gasteiger partial charge in [-0.3, -0.25) is 4.90 Å². The number of likely N-dealkylation sites (N-methyl/N-ethyl adjacent to an activating group) is 1. The Labute approximate surface area is 111 Å². The van der Waals surface area contributed by atoms with Gasteiger partial charge in [0.25, 0.3) is 0 Å². The average molecular weight is 277 g/mol. The Morgan fingerprint density at radius 1 is 1.22 bits per heavy atom. The molecule has 1 aliphatic heterocycles. The smallest absolute Gasteiger partial charge is 0.152 e. The predicted molar refractivity (Wildman–Crippen MR) is 75.5 cm³/mol. The van der Waals surface area contributed by atoms with Gasteiger partial charge in [-0.2, -0.15) is 0 Å². The molecule has 0 aromatic heterocycles. The van der Waals surface area contributed by atoms with Gasteiger partial charge < -0.3 is 10.6 Å². The van der Waals surface area contributed by atoms with E-state index in [-0.39, 0.29) is 11.3 Å². The standard InChI is InChI=1S/C12H27N3O2S/c1-14(2)7-5-8-15(3)12(10-13)6-4-9-18(16,17)11-12/h4-11,13H2,1-3H3. The summed E-state index contributed by atoms with van der Waals surface area (Å²) in [5.74, 6) is 0.537. The minimum atomic E-state index is -2.92. The van der Waals surface area contributed by atoms with E-state index < -0.39 is 9.84 Å². The van der Waals surface area contributed by atoms with E-state index in [9.17, 15) is 8.42 Å². The highest BCUT2D eigenvalue weighted by Crippen LogP contribution is 2.27. The second-order valence-corrected chi connectivity index (χ2v) is 7.89. The van der Waals surface area contributed by atoms with Crippen LogP contribution in [0.3, 0.4) is 0 Å². The molecule has 0 spiro atoms. The molecule has 0 aromatic carbocycles. The fraction of sp³-hybridized carbons (Fsp3) is 1.00. The summed E-state index contributed by atoms with van der Waals surface area (Å²) in [6, 6.07) is 0. The molecule has 0 bridgehead atoms. The van der Waals surface area contributed by atoms with Crippen molar-refractivity contribution in [2.45, 2.75) is 24.8 Å². The van der Waals surface area contributed by atoms with Gasteiger partial charge in [0.05, 0.1) is 11.5 Å². The highest BCUT2D eigenvalue weighted by Gasteiger charge is 2.40. The van der Waals surface area contributed by atoms with Crippen LogP contribution in [0.15, 0.2) is 0 Å². The summed E-state index contributed by atoms with van der Waals surface area (Å²) in [7, 11) is 3.17. The molecule has 6 heteroatoms. The minimum Gasteiger partial charge on any atom is -0.329 e. The monoisotopic (exact) mass is 277 g/mol. The van der Waals surface area contributed by atoms with E-state index >= 15 is 0 Å². The van der Waals surface area contributed by atoms with Crippen molar-refractivity contribution in [1.82, 2.24) is 9.80 Å². The molecule has 1 unspecified atom stereocenters. The first-order valence-electron chi connectivity index (χ1n) is 6.58. The summed E-state index contributed by atoms with van der Waals surface area (Å²) >= 11 is 0. The largest absolute Gasteiger partial charge is 0.329 e. The number of rotatable bonds is 6. The Hall–Kier alpha value is -0.170. The lowest BCUT2D eigenvalue weighted by atomic mass is 9.93. The zero-order valence-electron chi connectivity index (χ0n) is 11.9. The summed E-state index contributed by atoms with van der Waals surface area (Å²) in [5.41, 5.74) is 5.53. The van der Waals surface area contributed by atoms with Crippen LogP contribution in [-0.2, 0) is 9.84 Å². The van der Waals surface area contributed by atoms with Crippen molar-refractivity contribution in [3.8, 4) is 0 Å². The fourth-order valence-corrected chi connectivity index (χ4v) is 4.68. The van der Waals surface area contributed by atoms with Crippen LogP contribution in [0.2, 0.25) is 0 Å². The zero-order valence-corrected chi connectivity index (χ0v) is 12.7. The molecule has 0 amide bonds. The maximum atomic E-state index is 11.8. The Morgan fingerprint density at radius 2 is 1.89 bits per heavy atom. The first-order valence-corrected chi connectivity index (χ1v) is 8.40. The second-order valence-electron chi connectivity index (χ2n) is 5.70. The number of nitrogens with zero attached hydrogens (tertiary/aromatic N) is 2. The van der Waals surface area contributed by atoms with Crippen molar-refractivity contribution in [3.63, 3.8) is 0 Å². The Morgan fingerprint density at radius 3 is 2.39 bits per heavy atom. The highest BCUT2D eigenvalue weighted by atomic mass is 32.2. The van der Waals surface area contributed by atoms with Crippen molar-refractivity contribution in [2.75, 3.05) is 52.3 Å². The molecule has 5 nitrogen and oxygen atoms in total. The number of hydrogen-bond donors (Lipinski definition) is 1. The van der Waals surface area contributed by atoms with Crippen LogP contribution in [0.5, 0.6) is 0 Å². The van der Waals surface area contributed by atoms with Crippen molar-refractivity contribution >= 4 is 9.84 Å². The third-order valence-electron chi connectivity index (χ3n) is 3.87. The third kappa shape index (κ3) is 4.19. The topological polar surface area (TPSA) is 66.6 Å². The van der Waals surface area contributed by atoms with Gasteiger partial charge in [0.1, 0.15) is 0 Å². The van der Waals surface area contributed by atoms with Gasteiger partial charge in [0.2, 0.25) is 0 Å². The van der Waals surface area contributed by atoms with Gasteiger partial charge >= 0.3 is 0 Å². The number of hydrogen-bond acceptors (Lipinski definition) is 5. The van der Waals surface area contributed by atoms with Crippen LogP contribution in [0.4, 0.5) is 0 Å². The second kappa shape index (κ2) is 6.32. The molecule has 0 saturated carbocycles. The van der Waals surface area contributed by atoms with Crippen LogP contribution in [0.25, 0.3) is 0 Å². The Bertz CT molecular complexity index is 356. The molecular weight excluding hydrogens is 250 g/mol. The van der Waals surface area contributed by atoms with Gasteiger partial charge in [0, 0.05) is 12.1 Å². The Kier molecular flexibility index (Phi) is 5.58. The number of sulfone groups is 1. The fourth-order valence-electron chi connectivity index (χ4n) is 2.65. The van der Waals surface area contributed by atoms with Crippen LogP contribution in [0, 0.1) is 0 Å². The van der Waals surface area contributed by atoms with Crippen molar-refractivity contribution in [2.24, 2.45) is 5.73 Å². The first kappa shape index (κ1) is 15.9. The zero-order chi connectivity index (χ0) is 13.8. The van der Waals surface area contributed by atoms with Gasteiger partial charge in [-0.25, -0.2) is 8.42 Å². The summed E-state index contributed by atoms with van der Waals surface area (Å²) in [4.78, 5) is 4.30. The van der Waals surface area contributed by atoms with Crippen molar-refractivity contribution in [3.05, 3.63) is 0 Å². The predicted octanol–water partition coefficient (Wildman–Crippen LogP) is -0.224. The highest BCUT2D eigenvalue weighted by molar-refractivity contribution is 7.91. The van der Waals surface area contributed by atoms with Gasteiger partial charge in [0.15, 0.2) is 9.84 Å². The molecule has 0 radical (unpaired) electrons. The lowest BCUT2D eigenvalue weighted by molar-refractivity contribution is 0.127. The molecule has 18 heavy (non-hydrogen) atoms. The van der Waals surface area contributed by atoms with Crippen LogP contribution in [0.1, 0.15) is 19.3 Å². The number of nitrogens with two attached hydrogens (primary N) is 1. The summed E-state index contributed by atoms with van der Waals surface area (Å²) in [6.07, 6.45) is 2.66. The van der Waals surface area contributed by atoms with Crippen molar-refractivity contribution in [1.29, 1.82) is 0 Å². The molecule has 2 N–H and O–H groups in total. The third-order valence-corrected chi connectivity index (χ3v) is 5.76. The van der Waals surface area contributed by atoms with E-state index in [0.717, 1.165) is 32.4 Å². The van der Waals surface area contributed by atoms with Gasteiger partial charge in [-0.15, -0.1) is 0 Å². The molecule has 1 atom stereocenters. The molecule has 1 fully saturated rings. The van der Waals surface area contributed by atoms with E-state index in [0.29, 0.717) is 12.3 Å². The normalized spacial score (nSPS) is 27.9. The van der Waals surface area contributed by atoms with Crippen LogP contribution in [-0.4, -0.2) is 76.0 Å². The van der Waals surface area contributed by atoms with Crippen LogP contribution >= 0.6 is 0 Å². The van der Waals surface area contributed by atoms with E-state index in [1.165, 1.54) is 0 Å². The van der Waals surface area contributed by atoms with E-state index in [1.54, 1.807) is 0 Å². The minimum absolute atomic E-state index is 0.217. The first-order chi connectivity index (χ1) is 8.31. The molecule has 108 valence electrons. The summed E-state index contributed by atoms with van der Waals surface area (Å²) in [5, 5.41) is 0. The molecule has 0 aliphatic carbocycles. The molecule has 1 saturated heterocycles. The average Bonchev–Trinajstić information content (AvgIpc) is 2.26. The molecule has 0 aromatic rings. The molecule has 1 rings (SSSR count). The van der Waals surface area contributed by atoms with E-state index in [1.807, 2.05) is 21.1 Å². The quantitative estimate of drug-likeness (QED) is 0.727. The summed E-state index contributed by atoms with van der Waals surface area (Å²) in [6.45, 7) is 2.33. The lowest BCUT2D eigenvalue weighted by Crippen LogP contribution is -2.59. The van der Waals surface area contributed by atoms with Crippen LogP contribution < -0.4 is 5.73 Å². The Balaban J connectivity index is 2.63. The maximum absolute atomic E-state index is 11.8. The molecule has 1 aliphatic rings. The van der Waals surface area contributed by atoms with E-state index in [4.69, 9.17) is 5.73 Å². The summed E-state index contributed by atoms with van der Waals surface area (Å²) < 4.78 is 23.6. The SMILES string of the molecule is CN(C)CCCN(C)C1(CN)CCCS(=O)(=O)C1. The molecular formula is C12H27N3O2S. The van der Waals surface area contributed by atoms with Gasteiger partial charge in [-0.1, -0.05) is 0 Å². The van der Waals surface area contributed by atoms with Crippen molar-refractivity contribution < 1.29 is 8.42 Å². The van der Waals surface area contributed by atoms with Gasteiger partial charge in [-0.05, 0) is 53.5 Å². The molecule has 1 heterocycles. The lowest BCUT2D eigenvalue weighted by Gasteiger charge is -2.43. The maximum Gasteiger partial charge on any atom is 0.152 e. The van der Waals surface area contributed by atoms with E-state index in [2.05, 4.69) is 9.80 Å².